The first-order valence-corrected chi connectivity index (χ1v) is 7.96. The first kappa shape index (κ1) is 18.3. The molecule has 1 amide bonds. The van der Waals surface area contributed by atoms with E-state index < -0.39 is 0 Å². The predicted molar refractivity (Wildman–Crippen MR) is 96.8 cm³/mol. The van der Waals surface area contributed by atoms with Gasteiger partial charge in [-0.05, 0) is 30.7 Å². The predicted octanol–water partition coefficient (Wildman–Crippen LogP) is 3.26. The molecule has 0 heterocycles. The first-order valence-electron chi connectivity index (χ1n) is 7.96. The van der Waals surface area contributed by atoms with Crippen molar-refractivity contribution >= 4 is 12.1 Å². The Morgan fingerprint density at radius 1 is 1.12 bits per heavy atom. The average molecular weight is 342 g/mol. The molecular formula is C19H22N2O4. The summed E-state index contributed by atoms with van der Waals surface area (Å²) in [6.07, 6.45) is 2.39. The highest BCUT2D eigenvalue weighted by molar-refractivity contribution is 5.97. The molecular weight excluding hydrogens is 320 g/mol. The Balaban J connectivity index is 2.08. The monoisotopic (exact) mass is 342 g/mol. The number of nitrogens with zero attached hydrogens (tertiary/aromatic N) is 1. The lowest BCUT2D eigenvalue weighted by molar-refractivity contribution is 0.0951. The zero-order valence-electron chi connectivity index (χ0n) is 14.6. The fraction of sp³-hybridized carbons (Fsp3) is 0.263. The van der Waals surface area contributed by atoms with Crippen LogP contribution in [0.25, 0.3) is 0 Å². The zero-order chi connectivity index (χ0) is 18.1. The van der Waals surface area contributed by atoms with Crippen molar-refractivity contribution < 1.29 is 19.0 Å². The van der Waals surface area contributed by atoms with Gasteiger partial charge in [0.2, 0.25) is 0 Å². The second-order valence-corrected chi connectivity index (χ2v) is 5.15. The van der Waals surface area contributed by atoms with Gasteiger partial charge >= 0.3 is 0 Å². The Hall–Kier alpha value is -3.02. The van der Waals surface area contributed by atoms with Crippen LogP contribution in [0, 0.1) is 0 Å². The quantitative estimate of drug-likeness (QED) is 0.590. The molecule has 0 saturated carbocycles. The SMILES string of the molecule is CCCOc1ccccc1C(=O)N/N=C/c1ccc(OC)cc1OC. The van der Waals surface area contributed by atoms with Crippen molar-refractivity contribution in [3.05, 3.63) is 53.6 Å². The summed E-state index contributed by atoms with van der Waals surface area (Å²) in [4.78, 5) is 12.3. The van der Waals surface area contributed by atoms with Crippen molar-refractivity contribution in [1.29, 1.82) is 0 Å². The van der Waals surface area contributed by atoms with Crippen LogP contribution in [-0.2, 0) is 0 Å². The molecule has 0 bridgehead atoms. The second-order valence-electron chi connectivity index (χ2n) is 5.15. The van der Waals surface area contributed by atoms with Crippen molar-refractivity contribution in [2.45, 2.75) is 13.3 Å². The molecule has 25 heavy (non-hydrogen) atoms. The number of amides is 1. The van der Waals surface area contributed by atoms with Crippen molar-refractivity contribution in [1.82, 2.24) is 5.43 Å². The molecule has 0 spiro atoms. The lowest BCUT2D eigenvalue weighted by Crippen LogP contribution is -2.18. The fourth-order valence-corrected chi connectivity index (χ4v) is 2.14. The number of ether oxygens (including phenoxy) is 3. The van der Waals surface area contributed by atoms with Gasteiger partial charge in [0.25, 0.3) is 5.91 Å². The van der Waals surface area contributed by atoms with Gasteiger partial charge in [-0.2, -0.15) is 5.10 Å². The molecule has 0 aliphatic rings. The lowest BCUT2D eigenvalue weighted by atomic mass is 10.2. The molecule has 2 aromatic rings. The first-order chi connectivity index (χ1) is 12.2. The Kier molecular flexibility index (Phi) is 6.83. The lowest BCUT2D eigenvalue weighted by Gasteiger charge is -2.09. The molecule has 0 unspecified atom stereocenters. The van der Waals surface area contributed by atoms with Gasteiger partial charge in [-0.15, -0.1) is 0 Å². The smallest absolute Gasteiger partial charge is 0.275 e. The van der Waals surface area contributed by atoms with E-state index in [0.717, 1.165) is 12.0 Å². The van der Waals surface area contributed by atoms with E-state index in [4.69, 9.17) is 14.2 Å². The van der Waals surface area contributed by atoms with E-state index >= 15 is 0 Å². The van der Waals surface area contributed by atoms with E-state index in [1.807, 2.05) is 13.0 Å². The number of methoxy groups -OCH3 is 2. The molecule has 6 heteroatoms. The van der Waals surface area contributed by atoms with Gasteiger partial charge in [0.15, 0.2) is 0 Å². The van der Waals surface area contributed by atoms with Crippen molar-refractivity contribution in [2.75, 3.05) is 20.8 Å². The van der Waals surface area contributed by atoms with E-state index in [9.17, 15) is 4.79 Å². The number of hydrogen-bond acceptors (Lipinski definition) is 5. The Labute approximate surface area is 147 Å². The Bertz CT molecular complexity index is 744. The molecule has 0 fully saturated rings. The molecule has 6 nitrogen and oxygen atoms in total. The van der Waals surface area contributed by atoms with Crippen LogP contribution in [0.3, 0.4) is 0 Å². The molecule has 132 valence electrons. The Morgan fingerprint density at radius 2 is 1.92 bits per heavy atom. The molecule has 0 radical (unpaired) electrons. The number of rotatable bonds is 8. The number of hydrogen-bond donors (Lipinski definition) is 1. The fourth-order valence-electron chi connectivity index (χ4n) is 2.14. The number of carbonyl (C=O) groups is 1. The normalized spacial score (nSPS) is 10.5. The highest BCUT2D eigenvalue weighted by Crippen LogP contribution is 2.23. The van der Waals surface area contributed by atoms with Gasteiger partial charge in [-0.25, -0.2) is 5.43 Å². The average Bonchev–Trinajstić information content (AvgIpc) is 2.66. The molecule has 0 atom stereocenters. The number of hydrazone groups is 1. The van der Waals surface area contributed by atoms with Crippen molar-refractivity contribution in [3.63, 3.8) is 0 Å². The number of nitrogens with one attached hydrogen (secondary N) is 1. The zero-order valence-corrected chi connectivity index (χ0v) is 14.6. The highest BCUT2D eigenvalue weighted by Gasteiger charge is 2.11. The maximum Gasteiger partial charge on any atom is 0.275 e. The van der Waals surface area contributed by atoms with Gasteiger partial charge in [0.05, 0.1) is 32.6 Å². The van der Waals surface area contributed by atoms with Gasteiger partial charge in [0.1, 0.15) is 17.2 Å². The van der Waals surface area contributed by atoms with E-state index in [-0.39, 0.29) is 5.91 Å². The molecule has 2 aromatic carbocycles. The standard InChI is InChI=1S/C19H22N2O4/c1-4-11-25-17-8-6-5-7-16(17)19(22)21-20-13-14-9-10-15(23-2)12-18(14)24-3/h5-10,12-13H,4,11H2,1-3H3,(H,21,22)/b20-13+. The van der Waals surface area contributed by atoms with Crippen LogP contribution in [0.4, 0.5) is 0 Å². The molecule has 0 aromatic heterocycles. The topological polar surface area (TPSA) is 69.2 Å². The van der Waals surface area contributed by atoms with Gasteiger partial charge < -0.3 is 14.2 Å². The second kappa shape index (κ2) is 9.32. The van der Waals surface area contributed by atoms with Crippen LogP contribution in [0.5, 0.6) is 17.2 Å². The number of benzene rings is 2. The van der Waals surface area contributed by atoms with Crippen LogP contribution in [-0.4, -0.2) is 32.9 Å². The third-order valence-corrected chi connectivity index (χ3v) is 3.40. The summed E-state index contributed by atoms with van der Waals surface area (Å²) >= 11 is 0. The maximum atomic E-state index is 12.3. The van der Waals surface area contributed by atoms with Gasteiger partial charge in [-0.3, -0.25) is 4.79 Å². The van der Waals surface area contributed by atoms with E-state index in [0.29, 0.717) is 29.4 Å². The Morgan fingerprint density at radius 3 is 2.64 bits per heavy atom. The van der Waals surface area contributed by atoms with Crippen molar-refractivity contribution in [3.8, 4) is 17.2 Å². The molecule has 0 aliphatic heterocycles. The number of para-hydroxylation sites is 1. The minimum Gasteiger partial charge on any atom is -0.497 e. The molecule has 2 rings (SSSR count). The summed E-state index contributed by atoms with van der Waals surface area (Å²) in [6, 6.07) is 12.4. The van der Waals surface area contributed by atoms with Crippen LogP contribution >= 0.6 is 0 Å². The minimum atomic E-state index is -0.338. The third-order valence-electron chi connectivity index (χ3n) is 3.40. The van der Waals surface area contributed by atoms with E-state index in [1.54, 1.807) is 50.6 Å². The molecule has 1 N–H and O–H groups in total. The summed E-state index contributed by atoms with van der Waals surface area (Å²) in [5.74, 6) is 1.48. The largest absolute Gasteiger partial charge is 0.497 e. The molecule has 0 aliphatic carbocycles. The van der Waals surface area contributed by atoms with Crippen LogP contribution in [0.2, 0.25) is 0 Å². The minimum absolute atomic E-state index is 0.338. The van der Waals surface area contributed by atoms with Gasteiger partial charge in [-0.1, -0.05) is 19.1 Å². The van der Waals surface area contributed by atoms with E-state index in [1.165, 1.54) is 6.21 Å². The summed E-state index contributed by atoms with van der Waals surface area (Å²) < 4.78 is 16.0. The summed E-state index contributed by atoms with van der Waals surface area (Å²) in [7, 11) is 3.15. The summed E-state index contributed by atoms with van der Waals surface area (Å²) in [5, 5.41) is 4.00. The van der Waals surface area contributed by atoms with Crippen LogP contribution in [0.1, 0.15) is 29.3 Å². The molecule has 0 saturated heterocycles. The van der Waals surface area contributed by atoms with E-state index in [2.05, 4.69) is 10.5 Å². The number of carbonyl (C=O) groups excluding carboxylic acids is 1. The van der Waals surface area contributed by atoms with Crippen LogP contribution in [0.15, 0.2) is 47.6 Å². The van der Waals surface area contributed by atoms with Crippen molar-refractivity contribution in [2.24, 2.45) is 5.10 Å². The summed E-state index contributed by atoms with van der Waals surface area (Å²) in [5.41, 5.74) is 3.67. The third kappa shape index (κ3) is 4.97. The van der Waals surface area contributed by atoms with Crippen LogP contribution < -0.4 is 19.6 Å². The maximum absolute atomic E-state index is 12.3. The van der Waals surface area contributed by atoms with Gasteiger partial charge in [0, 0.05) is 11.6 Å². The summed E-state index contributed by atoms with van der Waals surface area (Å²) in [6.45, 7) is 2.56. The highest BCUT2D eigenvalue weighted by atomic mass is 16.5.